The fourth-order valence-corrected chi connectivity index (χ4v) is 9.07. The van der Waals surface area contributed by atoms with Crippen LogP contribution in [0, 0.1) is 45.1 Å². The van der Waals surface area contributed by atoms with E-state index < -0.39 is 8.07 Å². The van der Waals surface area contributed by atoms with Gasteiger partial charge in [-0.3, -0.25) is 0 Å². The molecule has 2 heterocycles. The molecule has 1 aromatic carbocycles. The molecule has 37 heavy (non-hydrogen) atoms. The highest BCUT2D eigenvalue weighted by Crippen LogP contribution is 2.63. The fraction of sp³-hybridized carbons (Fsp3) is 0.412. The van der Waals surface area contributed by atoms with Gasteiger partial charge in [0.25, 0.3) is 0 Å². The summed E-state index contributed by atoms with van der Waals surface area (Å²) in [5.74, 6) is 4.28. The van der Waals surface area contributed by atoms with Gasteiger partial charge in [0.05, 0.1) is 0 Å². The van der Waals surface area contributed by atoms with Crippen LogP contribution in [0.1, 0.15) is 79.9 Å². The van der Waals surface area contributed by atoms with Crippen molar-refractivity contribution in [1.82, 2.24) is 0 Å². The monoisotopic (exact) mass is 540 g/mol. The second-order valence-electron chi connectivity index (χ2n) is 12.0. The molecule has 192 valence electrons. The molecule has 2 aromatic heterocycles. The van der Waals surface area contributed by atoms with Crippen molar-refractivity contribution in [3.8, 4) is 11.5 Å². The molecule has 0 N–H and O–H groups in total. The topological polar surface area (TPSA) is 0 Å². The fourth-order valence-electron chi connectivity index (χ4n) is 6.59. The van der Waals surface area contributed by atoms with E-state index in [-0.39, 0.29) is 5.41 Å². The van der Waals surface area contributed by atoms with E-state index in [9.17, 15) is 0 Å². The van der Waals surface area contributed by atoms with Gasteiger partial charge in [-0.1, -0.05) is 69.8 Å². The van der Waals surface area contributed by atoms with Gasteiger partial charge in [-0.2, -0.15) is 0 Å². The number of hydrogen-bond donors (Lipinski definition) is 0. The maximum Gasteiger partial charge on any atom is 0.129 e. The quantitative estimate of drug-likeness (QED) is 0.215. The van der Waals surface area contributed by atoms with Crippen molar-refractivity contribution in [1.29, 1.82) is 0 Å². The van der Waals surface area contributed by atoms with Crippen molar-refractivity contribution in [3.05, 3.63) is 83.7 Å². The van der Waals surface area contributed by atoms with E-state index in [0.717, 1.165) is 6.42 Å². The molecule has 3 aromatic rings. The number of unbranched alkanes of at least 4 members (excludes halogenated alkanes) is 1. The molecule has 0 fully saturated rings. The Kier molecular flexibility index (Phi) is 7.07. The number of allylic oxidation sites excluding steroid dienone is 2. The molecule has 0 aliphatic heterocycles. The number of thiophene rings is 2. The molecular weight excluding hydrogens is 501 g/mol. The lowest BCUT2D eigenvalue weighted by Gasteiger charge is -2.42. The Morgan fingerprint density at radius 2 is 1.59 bits per heavy atom. The minimum Gasteiger partial charge on any atom is -0.145 e. The van der Waals surface area contributed by atoms with Gasteiger partial charge >= 0.3 is 0 Å². The van der Waals surface area contributed by atoms with Gasteiger partial charge in [-0.25, -0.2) is 0 Å². The van der Waals surface area contributed by atoms with Crippen LogP contribution < -0.4 is 0 Å². The largest absolute Gasteiger partial charge is 0.145 e. The summed E-state index contributed by atoms with van der Waals surface area (Å²) < 4.78 is 0. The predicted octanol–water partition coefficient (Wildman–Crippen LogP) is 10.4. The molecule has 2 atom stereocenters. The number of benzene rings is 1. The van der Waals surface area contributed by atoms with Crippen LogP contribution in [0.4, 0.5) is 0 Å². The zero-order chi connectivity index (χ0) is 26.5. The molecule has 3 heteroatoms. The molecule has 0 bridgehead atoms. The lowest BCUT2D eigenvalue weighted by molar-refractivity contribution is 0.383. The minimum atomic E-state index is -1.50. The first-order chi connectivity index (χ1) is 17.6. The van der Waals surface area contributed by atoms with E-state index in [4.69, 9.17) is 0 Å². The normalized spacial score (nSPS) is 20.3. The zero-order valence-corrected chi connectivity index (χ0v) is 26.4. The lowest BCUT2D eigenvalue weighted by Crippen LogP contribution is -2.37. The van der Waals surface area contributed by atoms with Crippen molar-refractivity contribution in [3.63, 3.8) is 0 Å². The Morgan fingerprint density at radius 3 is 2.19 bits per heavy atom. The Balaban J connectivity index is 1.92. The van der Waals surface area contributed by atoms with Crippen molar-refractivity contribution in [2.24, 2.45) is 5.92 Å². The summed E-state index contributed by atoms with van der Waals surface area (Å²) in [6, 6.07) is 11.9. The highest BCUT2D eigenvalue weighted by atomic mass is 32.1. The van der Waals surface area contributed by atoms with Crippen LogP contribution in [0.15, 0.2) is 36.4 Å². The van der Waals surface area contributed by atoms with Gasteiger partial charge in [-0.15, -0.1) is 34.1 Å². The molecule has 0 amide bonds. The third-order valence-electron chi connectivity index (χ3n) is 7.97. The molecule has 0 nitrogen and oxygen atoms in total. The minimum absolute atomic E-state index is 0.113. The van der Waals surface area contributed by atoms with E-state index in [0.29, 0.717) is 5.92 Å². The van der Waals surface area contributed by atoms with Crippen molar-refractivity contribution in [2.75, 3.05) is 0 Å². The smallest absolute Gasteiger partial charge is 0.129 e. The van der Waals surface area contributed by atoms with Gasteiger partial charge in [-0.05, 0) is 91.1 Å². The number of aryl methyl sites for hydroxylation is 4. The third-order valence-corrected chi connectivity index (χ3v) is 10.8. The predicted molar refractivity (Wildman–Crippen MR) is 169 cm³/mol. The number of hydrogen-bond acceptors (Lipinski definition) is 2. The molecular formula is C34H40S2Si. The summed E-state index contributed by atoms with van der Waals surface area (Å²) in [5.41, 5.74) is 13.9. The molecule has 0 radical (unpaired) electrons. The summed E-state index contributed by atoms with van der Waals surface area (Å²) in [4.78, 5) is 5.65. The first-order valence-corrected chi connectivity index (χ1v) is 18.9. The standard InChI is InChI=1S/C34H40S2Si/c1-9-10-14-27-17-16-26-13-11-15-28-31(29-20-22(2)35-24(29)4)33(30-21-23(3)36-25(30)5)34(27,32(26)28)18-12-19-37(6,7)8/h11,13,15-17,20-21,27H,9-10,14,18H2,1-8H3/t27-,34-/m0/s1. The molecule has 0 saturated heterocycles. The van der Waals surface area contributed by atoms with E-state index in [1.165, 1.54) is 66.6 Å². The lowest BCUT2D eigenvalue weighted by atomic mass is 9.60. The average molecular weight is 541 g/mol. The second kappa shape index (κ2) is 9.88. The van der Waals surface area contributed by atoms with E-state index in [1.807, 2.05) is 22.7 Å². The van der Waals surface area contributed by atoms with Crippen LogP contribution in [-0.4, -0.2) is 8.07 Å². The van der Waals surface area contributed by atoms with Crippen molar-refractivity contribution < 1.29 is 0 Å². The van der Waals surface area contributed by atoms with E-state index >= 15 is 0 Å². The van der Waals surface area contributed by atoms with E-state index in [1.54, 1.807) is 11.1 Å². The Bertz CT molecular complexity index is 1470. The van der Waals surface area contributed by atoms with E-state index in [2.05, 4.69) is 108 Å². The third kappa shape index (κ3) is 4.56. The molecule has 2 aliphatic carbocycles. The number of rotatable bonds is 6. The van der Waals surface area contributed by atoms with Gasteiger partial charge in [0.15, 0.2) is 0 Å². The maximum absolute atomic E-state index is 3.83. The highest BCUT2D eigenvalue weighted by molar-refractivity contribution is 7.12. The summed E-state index contributed by atoms with van der Waals surface area (Å²) in [6.07, 6.45) is 9.53. The Labute approximate surface area is 233 Å². The first-order valence-electron chi connectivity index (χ1n) is 13.8. The van der Waals surface area contributed by atoms with Crippen molar-refractivity contribution in [2.45, 2.75) is 85.4 Å². The zero-order valence-electron chi connectivity index (χ0n) is 23.8. The molecule has 2 aliphatic rings. The van der Waals surface area contributed by atoms with Gasteiger partial charge in [0.1, 0.15) is 8.07 Å². The molecule has 0 saturated carbocycles. The Hall–Kier alpha value is -2.12. The van der Waals surface area contributed by atoms with Crippen LogP contribution >= 0.6 is 22.7 Å². The molecule has 0 unspecified atom stereocenters. The SMILES string of the molecule is CCCC[C@H]1C=Cc2cccc3c2[C@@]1(CC#C[Si](C)(C)C)C(c1cc(C)sc1C)=C3c1cc(C)sc1C. The summed E-state index contributed by atoms with van der Waals surface area (Å²) in [6.45, 7) is 18.6. The molecule has 5 rings (SSSR count). The van der Waals surface area contributed by atoms with Crippen LogP contribution in [0.25, 0.3) is 17.2 Å². The average Bonchev–Trinajstić information content (AvgIpc) is 3.43. The second-order valence-corrected chi connectivity index (χ2v) is 19.7. The summed E-state index contributed by atoms with van der Waals surface area (Å²) in [7, 11) is -1.50. The van der Waals surface area contributed by atoms with Crippen LogP contribution in [-0.2, 0) is 5.41 Å². The van der Waals surface area contributed by atoms with Crippen molar-refractivity contribution >= 4 is 48.0 Å². The van der Waals surface area contributed by atoms with Crippen LogP contribution in [0.5, 0.6) is 0 Å². The van der Waals surface area contributed by atoms with Crippen LogP contribution in [0.2, 0.25) is 19.6 Å². The van der Waals surface area contributed by atoms with Gasteiger partial charge < -0.3 is 0 Å². The molecule has 0 spiro atoms. The van der Waals surface area contributed by atoms with Gasteiger partial charge in [0.2, 0.25) is 0 Å². The Morgan fingerprint density at radius 1 is 0.919 bits per heavy atom. The first kappa shape index (κ1) is 26.5. The summed E-state index contributed by atoms with van der Waals surface area (Å²) >= 11 is 3.87. The maximum atomic E-state index is 3.83. The highest BCUT2D eigenvalue weighted by Gasteiger charge is 2.52. The van der Waals surface area contributed by atoms with Crippen LogP contribution in [0.3, 0.4) is 0 Å². The summed E-state index contributed by atoms with van der Waals surface area (Å²) in [5, 5.41) is 0. The van der Waals surface area contributed by atoms with Gasteiger partial charge in [0, 0.05) is 31.3 Å².